The van der Waals surface area contributed by atoms with E-state index in [0.717, 1.165) is 0 Å². The van der Waals surface area contributed by atoms with Crippen LogP contribution < -0.4 is 5.73 Å². The minimum absolute atomic E-state index is 0.183. The number of hydrogen-bond acceptors (Lipinski definition) is 4. The summed E-state index contributed by atoms with van der Waals surface area (Å²) in [6.45, 7) is 5.07. The van der Waals surface area contributed by atoms with Crippen molar-refractivity contribution in [1.29, 1.82) is 0 Å². The molecule has 4 heteroatoms. The summed E-state index contributed by atoms with van der Waals surface area (Å²) >= 11 is 0. The molecular weight excluding hydrogens is 158 g/mol. The van der Waals surface area contributed by atoms with Gasteiger partial charge in [0.15, 0.2) is 0 Å². The van der Waals surface area contributed by atoms with Crippen LogP contribution in [0, 0.1) is 0 Å². The van der Waals surface area contributed by atoms with Crippen molar-refractivity contribution in [3.05, 3.63) is 0 Å². The van der Waals surface area contributed by atoms with Crippen LogP contribution in [0.15, 0.2) is 0 Å². The second kappa shape index (κ2) is 3.70. The first-order valence-electron chi connectivity index (χ1n) is 4.23. The highest BCUT2D eigenvalue weighted by atomic mass is 16.6. The molecular formula is C8H17NO3. The second-order valence-corrected chi connectivity index (χ2v) is 3.44. The Morgan fingerprint density at radius 1 is 1.58 bits per heavy atom. The highest BCUT2D eigenvalue weighted by Crippen LogP contribution is 2.23. The molecule has 0 aliphatic carbocycles. The summed E-state index contributed by atoms with van der Waals surface area (Å²) in [7, 11) is 0. The molecule has 1 fully saturated rings. The topological polar surface area (TPSA) is 64.7 Å². The van der Waals surface area contributed by atoms with E-state index in [0.29, 0.717) is 19.8 Å². The molecule has 1 rings (SSSR count). The van der Waals surface area contributed by atoms with Gasteiger partial charge in [-0.1, -0.05) is 0 Å². The van der Waals surface area contributed by atoms with E-state index in [1.54, 1.807) is 6.92 Å². The maximum Gasteiger partial charge on any atom is 0.127 e. The third kappa shape index (κ3) is 1.95. The molecule has 0 radical (unpaired) electrons. The minimum Gasteiger partial charge on any atom is -0.391 e. The van der Waals surface area contributed by atoms with Crippen molar-refractivity contribution in [3.63, 3.8) is 0 Å². The Labute approximate surface area is 72.6 Å². The van der Waals surface area contributed by atoms with Crippen LogP contribution in [0.4, 0.5) is 0 Å². The molecule has 3 N–H and O–H groups in total. The van der Waals surface area contributed by atoms with Crippen molar-refractivity contribution in [3.8, 4) is 0 Å². The molecule has 1 saturated heterocycles. The molecule has 1 aliphatic rings. The summed E-state index contributed by atoms with van der Waals surface area (Å²) in [6.07, 6.45) is -0.647. The summed E-state index contributed by atoms with van der Waals surface area (Å²) < 4.78 is 10.6. The Hall–Kier alpha value is -0.160. The fourth-order valence-electron chi connectivity index (χ4n) is 1.06. The quantitative estimate of drug-likeness (QED) is 0.604. The standard InChI is InChI=1S/C8H17NO3/c1-6(10)7(2)12-8(3-9)4-11-5-8/h6-7,10H,3-5,9H2,1-2H3. The normalized spacial score (nSPS) is 26.0. The summed E-state index contributed by atoms with van der Waals surface area (Å²) in [5.41, 5.74) is 5.19. The van der Waals surface area contributed by atoms with Crippen LogP contribution in [-0.2, 0) is 9.47 Å². The predicted molar refractivity (Wildman–Crippen MR) is 44.8 cm³/mol. The van der Waals surface area contributed by atoms with E-state index in [-0.39, 0.29) is 11.7 Å². The largest absolute Gasteiger partial charge is 0.391 e. The Morgan fingerprint density at radius 3 is 2.42 bits per heavy atom. The molecule has 0 amide bonds. The van der Waals surface area contributed by atoms with Gasteiger partial charge in [0, 0.05) is 6.54 Å². The SMILES string of the molecule is CC(O)C(C)OC1(CN)COC1. The zero-order valence-corrected chi connectivity index (χ0v) is 7.62. The Kier molecular flexibility index (Phi) is 3.06. The van der Waals surface area contributed by atoms with Gasteiger partial charge in [0.1, 0.15) is 5.60 Å². The lowest BCUT2D eigenvalue weighted by atomic mass is 10.0. The van der Waals surface area contributed by atoms with Crippen LogP contribution in [0.2, 0.25) is 0 Å². The maximum atomic E-state index is 9.19. The van der Waals surface area contributed by atoms with Crippen LogP contribution in [0.1, 0.15) is 13.8 Å². The molecule has 0 aromatic heterocycles. The zero-order valence-electron chi connectivity index (χ0n) is 7.62. The fourth-order valence-corrected chi connectivity index (χ4v) is 1.06. The number of nitrogens with two attached hydrogens (primary N) is 1. The van der Waals surface area contributed by atoms with Crippen LogP contribution in [-0.4, -0.2) is 42.7 Å². The lowest BCUT2D eigenvalue weighted by molar-refractivity contribution is -0.234. The molecule has 0 bridgehead atoms. The van der Waals surface area contributed by atoms with E-state index in [2.05, 4.69) is 0 Å². The summed E-state index contributed by atoms with van der Waals surface area (Å²) in [6, 6.07) is 0. The minimum atomic E-state index is -0.464. The van der Waals surface area contributed by atoms with E-state index in [9.17, 15) is 5.11 Å². The number of aliphatic hydroxyl groups excluding tert-OH is 1. The van der Waals surface area contributed by atoms with Gasteiger partial charge >= 0.3 is 0 Å². The van der Waals surface area contributed by atoms with Gasteiger partial charge in [-0.2, -0.15) is 0 Å². The van der Waals surface area contributed by atoms with Crippen LogP contribution in [0.25, 0.3) is 0 Å². The summed E-state index contributed by atoms with van der Waals surface area (Å²) in [4.78, 5) is 0. The third-order valence-electron chi connectivity index (χ3n) is 2.22. The van der Waals surface area contributed by atoms with E-state index in [1.807, 2.05) is 6.92 Å². The van der Waals surface area contributed by atoms with Crippen molar-refractivity contribution >= 4 is 0 Å². The first kappa shape index (κ1) is 9.92. The molecule has 1 aliphatic heterocycles. The van der Waals surface area contributed by atoms with Crippen molar-refractivity contribution in [2.45, 2.75) is 31.7 Å². The van der Waals surface area contributed by atoms with E-state index in [4.69, 9.17) is 15.2 Å². The maximum absolute atomic E-state index is 9.19. The summed E-state index contributed by atoms with van der Waals surface area (Å²) in [5.74, 6) is 0. The summed E-state index contributed by atoms with van der Waals surface area (Å²) in [5, 5.41) is 9.19. The Bertz CT molecular complexity index is 140. The van der Waals surface area contributed by atoms with E-state index in [1.165, 1.54) is 0 Å². The number of ether oxygens (including phenoxy) is 2. The van der Waals surface area contributed by atoms with Crippen molar-refractivity contribution in [1.82, 2.24) is 0 Å². The highest BCUT2D eigenvalue weighted by molar-refractivity contribution is 4.89. The van der Waals surface area contributed by atoms with Crippen LogP contribution >= 0.6 is 0 Å². The molecule has 0 aromatic carbocycles. The zero-order chi connectivity index (χ0) is 9.19. The smallest absolute Gasteiger partial charge is 0.127 e. The average Bonchev–Trinajstić information content (AvgIpc) is 1.96. The van der Waals surface area contributed by atoms with Gasteiger partial charge in [-0.05, 0) is 13.8 Å². The monoisotopic (exact) mass is 175 g/mol. The fraction of sp³-hybridized carbons (Fsp3) is 1.00. The molecule has 0 aromatic rings. The van der Waals surface area contributed by atoms with Gasteiger partial charge < -0.3 is 20.3 Å². The van der Waals surface area contributed by atoms with Gasteiger partial charge in [-0.3, -0.25) is 0 Å². The average molecular weight is 175 g/mol. The van der Waals surface area contributed by atoms with Crippen LogP contribution in [0.5, 0.6) is 0 Å². The molecule has 2 atom stereocenters. The number of hydrogen-bond donors (Lipinski definition) is 2. The molecule has 2 unspecified atom stereocenters. The number of rotatable bonds is 4. The predicted octanol–water partition coefficient (Wildman–Crippen LogP) is -0.500. The third-order valence-corrected chi connectivity index (χ3v) is 2.22. The highest BCUT2D eigenvalue weighted by Gasteiger charge is 2.40. The first-order chi connectivity index (χ1) is 5.59. The van der Waals surface area contributed by atoms with Crippen LogP contribution in [0.3, 0.4) is 0 Å². The number of aliphatic hydroxyl groups is 1. The second-order valence-electron chi connectivity index (χ2n) is 3.44. The van der Waals surface area contributed by atoms with E-state index >= 15 is 0 Å². The van der Waals surface area contributed by atoms with Gasteiger partial charge in [0.25, 0.3) is 0 Å². The first-order valence-corrected chi connectivity index (χ1v) is 4.23. The van der Waals surface area contributed by atoms with Gasteiger partial charge in [-0.25, -0.2) is 0 Å². The lowest BCUT2D eigenvalue weighted by Crippen LogP contribution is -2.59. The molecule has 0 spiro atoms. The Balaban J connectivity index is 2.37. The molecule has 12 heavy (non-hydrogen) atoms. The van der Waals surface area contributed by atoms with Crippen molar-refractivity contribution < 1.29 is 14.6 Å². The Morgan fingerprint density at radius 2 is 2.17 bits per heavy atom. The molecule has 72 valence electrons. The molecule has 1 heterocycles. The van der Waals surface area contributed by atoms with Crippen molar-refractivity contribution in [2.75, 3.05) is 19.8 Å². The van der Waals surface area contributed by atoms with Gasteiger partial charge in [0.05, 0.1) is 25.4 Å². The van der Waals surface area contributed by atoms with Gasteiger partial charge in [-0.15, -0.1) is 0 Å². The molecule has 4 nitrogen and oxygen atoms in total. The molecule has 0 saturated carbocycles. The van der Waals surface area contributed by atoms with Crippen molar-refractivity contribution in [2.24, 2.45) is 5.73 Å². The van der Waals surface area contributed by atoms with E-state index < -0.39 is 6.10 Å². The van der Waals surface area contributed by atoms with Gasteiger partial charge in [0.2, 0.25) is 0 Å². The lowest BCUT2D eigenvalue weighted by Gasteiger charge is -2.42.